The molecule has 0 aromatic heterocycles. The van der Waals surface area contributed by atoms with Crippen LogP contribution < -0.4 is 16.0 Å². The number of aliphatic hydroxyl groups excluding tert-OH is 1. The largest absolute Gasteiger partial charge is 0.391 e. The van der Waals surface area contributed by atoms with Crippen molar-refractivity contribution in [2.75, 3.05) is 13.1 Å². The lowest BCUT2D eigenvalue weighted by Crippen LogP contribution is -2.52. The molecule has 4 N–H and O–H groups in total. The van der Waals surface area contributed by atoms with Crippen LogP contribution in [0.2, 0.25) is 0 Å². The third kappa shape index (κ3) is 7.32. The summed E-state index contributed by atoms with van der Waals surface area (Å²) in [5.41, 5.74) is 0.706. The second kappa shape index (κ2) is 8.49. The van der Waals surface area contributed by atoms with Gasteiger partial charge in [0, 0.05) is 24.7 Å². The number of rotatable bonds is 7. The molecule has 2 atom stereocenters. The van der Waals surface area contributed by atoms with E-state index in [0.717, 1.165) is 0 Å². The molecule has 2 unspecified atom stereocenters. The second-order valence-corrected chi connectivity index (χ2v) is 8.11. The Morgan fingerprint density at radius 1 is 1.08 bits per heavy atom. The maximum Gasteiger partial charge on any atom is 0.314 e. The van der Waals surface area contributed by atoms with Gasteiger partial charge < -0.3 is 21.1 Å². The minimum absolute atomic E-state index is 0.189. The maximum atomic E-state index is 11.9. The second-order valence-electron chi connectivity index (χ2n) is 8.11. The van der Waals surface area contributed by atoms with Gasteiger partial charge in [0.25, 0.3) is 0 Å². The van der Waals surface area contributed by atoms with Crippen LogP contribution in [0.25, 0.3) is 0 Å². The zero-order chi connectivity index (χ0) is 18.4. The smallest absolute Gasteiger partial charge is 0.314 e. The zero-order valence-corrected chi connectivity index (χ0v) is 15.8. The molecule has 2 amide bonds. The van der Waals surface area contributed by atoms with Crippen LogP contribution in [0.4, 0.5) is 4.79 Å². The first-order valence-corrected chi connectivity index (χ1v) is 8.54. The Balaban J connectivity index is 2.40. The molecule has 1 aromatic rings. The van der Waals surface area contributed by atoms with Crippen LogP contribution in [-0.4, -0.2) is 35.9 Å². The van der Waals surface area contributed by atoms with Crippen LogP contribution >= 0.6 is 0 Å². The zero-order valence-electron chi connectivity index (χ0n) is 15.8. The van der Waals surface area contributed by atoms with Crippen molar-refractivity contribution in [1.82, 2.24) is 16.0 Å². The first-order valence-electron chi connectivity index (χ1n) is 8.54. The molecule has 136 valence electrons. The van der Waals surface area contributed by atoms with Gasteiger partial charge in [-0.2, -0.15) is 0 Å². The average Bonchev–Trinajstić information content (AvgIpc) is 2.50. The number of hydrogen-bond acceptors (Lipinski definition) is 3. The van der Waals surface area contributed by atoms with Gasteiger partial charge in [0.1, 0.15) is 0 Å². The minimum atomic E-state index is -0.576. The monoisotopic (exact) mass is 335 g/mol. The van der Waals surface area contributed by atoms with Crippen molar-refractivity contribution in [1.29, 1.82) is 0 Å². The molecule has 0 heterocycles. The van der Waals surface area contributed by atoms with Crippen molar-refractivity contribution in [3.05, 3.63) is 35.9 Å². The number of hydrogen-bond donors (Lipinski definition) is 4. The van der Waals surface area contributed by atoms with Crippen LogP contribution in [-0.2, 0) is 0 Å². The summed E-state index contributed by atoms with van der Waals surface area (Å²) in [5.74, 6) is 0. The highest BCUT2D eigenvalue weighted by Crippen LogP contribution is 2.18. The molecule has 1 aromatic carbocycles. The highest BCUT2D eigenvalue weighted by molar-refractivity contribution is 5.73. The lowest BCUT2D eigenvalue weighted by atomic mass is 9.89. The molecule has 0 bridgehead atoms. The minimum Gasteiger partial charge on any atom is -0.391 e. The SMILES string of the molecule is CC(NC(C)(C)CNC(=O)NCC(O)C(C)(C)C)c1ccccc1. The van der Waals surface area contributed by atoms with Gasteiger partial charge in [-0.15, -0.1) is 0 Å². The molecule has 24 heavy (non-hydrogen) atoms. The summed E-state index contributed by atoms with van der Waals surface area (Å²) in [6, 6.07) is 10.1. The number of carbonyl (C=O) groups is 1. The number of urea groups is 1. The summed E-state index contributed by atoms with van der Waals surface area (Å²) in [6.45, 7) is 12.8. The third-order valence-corrected chi connectivity index (χ3v) is 4.05. The molecule has 0 aliphatic carbocycles. The molecule has 5 nitrogen and oxygen atoms in total. The highest BCUT2D eigenvalue weighted by Gasteiger charge is 2.24. The van der Waals surface area contributed by atoms with Gasteiger partial charge in [-0.1, -0.05) is 51.1 Å². The number of nitrogens with one attached hydrogen (secondary N) is 3. The van der Waals surface area contributed by atoms with Gasteiger partial charge in [-0.25, -0.2) is 4.79 Å². The number of benzene rings is 1. The summed E-state index contributed by atoms with van der Waals surface area (Å²) in [5, 5.41) is 19.1. The molecule has 0 saturated heterocycles. The normalized spacial score (nSPS) is 14.8. The topological polar surface area (TPSA) is 73.4 Å². The summed E-state index contributed by atoms with van der Waals surface area (Å²) >= 11 is 0. The standard InChI is InChI=1S/C19H33N3O2/c1-14(15-10-8-7-9-11-15)22-19(5,6)13-21-17(24)20-12-16(23)18(2,3)4/h7-11,14,16,22-23H,12-13H2,1-6H3,(H2,20,21,24). The molecule has 0 saturated carbocycles. The third-order valence-electron chi connectivity index (χ3n) is 4.05. The molecule has 0 aliphatic rings. The molecule has 0 radical (unpaired) electrons. The van der Waals surface area contributed by atoms with Crippen molar-refractivity contribution in [3.8, 4) is 0 Å². The lowest BCUT2D eigenvalue weighted by Gasteiger charge is -2.31. The van der Waals surface area contributed by atoms with Gasteiger partial charge in [0.05, 0.1) is 6.10 Å². The Morgan fingerprint density at radius 2 is 1.67 bits per heavy atom. The number of amides is 2. The van der Waals surface area contributed by atoms with E-state index in [1.165, 1.54) is 5.56 Å². The predicted octanol–water partition coefficient (Wildman–Crippen LogP) is 2.82. The van der Waals surface area contributed by atoms with E-state index in [2.05, 4.69) is 48.9 Å². The molecule has 0 fully saturated rings. The maximum absolute atomic E-state index is 11.9. The molecule has 5 heteroatoms. The van der Waals surface area contributed by atoms with E-state index in [1.807, 2.05) is 39.0 Å². The van der Waals surface area contributed by atoms with E-state index in [4.69, 9.17) is 0 Å². The van der Waals surface area contributed by atoms with Crippen LogP contribution in [0.15, 0.2) is 30.3 Å². The van der Waals surface area contributed by atoms with Gasteiger partial charge >= 0.3 is 6.03 Å². The Bertz CT molecular complexity index is 509. The Morgan fingerprint density at radius 3 is 2.21 bits per heavy atom. The van der Waals surface area contributed by atoms with Crippen molar-refractivity contribution < 1.29 is 9.90 Å². The van der Waals surface area contributed by atoms with Crippen LogP contribution in [0, 0.1) is 5.41 Å². The average molecular weight is 335 g/mol. The first kappa shape index (κ1) is 20.5. The molecule has 0 aliphatic heterocycles. The van der Waals surface area contributed by atoms with E-state index in [9.17, 15) is 9.90 Å². The van der Waals surface area contributed by atoms with Crippen molar-refractivity contribution in [2.24, 2.45) is 5.41 Å². The van der Waals surface area contributed by atoms with E-state index < -0.39 is 6.10 Å². The fourth-order valence-corrected chi connectivity index (χ4v) is 2.32. The summed E-state index contributed by atoms with van der Waals surface area (Å²) in [6.07, 6.45) is -0.576. The van der Waals surface area contributed by atoms with E-state index in [0.29, 0.717) is 6.54 Å². The quantitative estimate of drug-likeness (QED) is 0.619. The summed E-state index contributed by atoms with van der Waals surface area (Å²) < 4.78 is 0. The van der Waals surface area contributed by atoms with Gasteiger partial charge in [-0.3, -0.25) is 0 Å². The van der Waals surface area contributed by atoms with Crippen molar-refractivity contribution in [2.45, 2.75) is 59.2 Å². The van der Waals surface area contributed by atoms with Gasteiger partial charge in [0.15, 0.2) is 0 Å². The Hall–Kier alpha value is -1.59. The molecule has 0 spiro atoms. The highest BCUT2D eigenvalue weighted by atomic mass is 16.3. The van der Waals surface area contributed by atoms with E-state index >= 15 is 0 Å². The fourth-order valence-electron chi connectivity index (χ4n) is 2.32. The Labute approximate surface area is 146 Å². The van der Waals surface area contributed by atoms with Crippen molar-refractivity contribution >= 4 is 6.03 Å². The van der Waals surface area contributed by atoms with E-state index in [1.54, 1.807) is 0 Å². The van der Waals surface area contributed by atoms with Crippen LogP contribution in [0.5, 0.6) is 0 Å². The van der Waals surface area contributed by atoms with Crippen LogP contribution in [0.3, 0.4) is 0 Å². The van der Waals surface area contributed by atoms with Gasteiger partial charge in [0.2, 0.25) is 0 Å². The Kier molecular flexibility index (Phi) is 7.24. The number of aliphatic hydroxyl groups is 1. The van der Waals surface area contributed by atoms with Crippen LogP contribution in [0.1, 0.15) is 53.1 Å². The summed E-state index contributed by atoms with van der Waals surface area (Å²) in [7, 11) is 0. The summed E-state index contributed by atoms with van der Waals surface area (Å²) in [4.78, 5) is 11.9. The first-order chi connectivity index (χ1) is 11.0. The molecular formula is C19H33N3O2. The van der Waals surface area contributed by atoms with Crippen molar-refractivity contribution in [3.63, 3.8) is 0 Å². The predicted molar refractivity (Wildman–Crippen MR) is 98.9 cm³/mol. The van der Waals surface area contributed by atoms with Gasteiger partial charge in [-0.05, 0) is 31.7 Å². The number of carbonyl (C=O) groups excluding carboxylic acids is 1. The molecular weight excluding hydrogens is 302 g/mol. The van der Waals surface area contributed by atoms with E-state index in [-0.39, 0.29) is 29.6 Å². The lowest BCUT2D eigenvalue weighted by molar-refractivity contribution is 0.0649. The fraction of sp³-hybridized carbons (Fsp3) is 0.632. The molecule has 1 rings (SSSR count).